The van der Waals surface area contributed by atoms with E-state index in [0.717, 1.165) is 19.4 Å². The largest absolute Gasteiger partial charge is 0.381 e. The van der Waals surface area contributed by atoms with Crippen LogP contribution in [0.15, 0.2) is 12.7 Å². The average Bonchev–Trinajstić information content (AvgIpc) is 2.16. The summed E-state index contributed by atoms with van der Waals surface area (Å²) in [7, 11) is 1.72. The van der Waals surface area contributed by atoms with Crippen LogP contribution in [0.2, 0.25) is 0 Å². The standard InChI is InChI=1S/C10H17NO2/c1-4-10(12)11-6-5-9(13-3)7-8(11)2/h4,8-9H,1,5-7H2,2-3H3/t8-,9-/m1/s1. The number of carbonyl (C=O) groups is 1. The van der Waals surface area contributed by atoms with Gasteiger partial charge in [-0.05, 0) is 25.8 Å². The van der Waals surface area contributed by atoms with Crippen molar-refractivity contribution >= 4 is 5.91 Å². The van der Waals surface area contributed by atoms with E-state index in [1.807, 2.05) is 11.8 Å². The molecule has 0 saturated carbocycles. The van der Waals surface area contributed by atoms with Gasteiger partial charge in [0.1, 0.15) is 0 Å². The van der Waals surface area contributed by atoms with E-state index in [-0.39, 0.29) is 11.9 Å². The first-order chi connectivity index (χ1) is 6.19. The van der Waals surface area contributed by atoms with E-state index in [2.05, 4.69) is 6.58 Å². The molecule has 1 aliphatic rings. The van der Waals surface area contributed by atoms with E-state index >= 15 is 0 Å². The Morgan fingerprint density at radius 2 is 2.38 bits per heavy atom. The number of hydrogen-bond donors (Lipinski definition) is 0. The predicted octanol–water partition coefficient (Wildman–Crippen LogP) is 1.20. The molecule has 0 aromatic rings. The van der Waals surface area contributed by atoms with Crippen LogP contribution >= 0.6 is 0 Å². The Morgan fingerprint density at radius 1 is 1.69 bits per heavy atom. The van der Waals surface area contributed by atoms with Crippen molar-refractivity contribution in [3.05, 3.63) is 12.7 Å². The molecule has 1 amide bonds. The normalized spacial score (nSPS) is 28.6. The molecular formula is C10H17NO2. The molecule has 0 aromatic carbocycles. The van der Waals surface area contributed by atoms with E-state index in [4.69, 9.17) is 4.74 Å². The number of methoxy groups -OCH3 is 1. The molecule has 0 unspecified atom stereocenters. The van der Waals surface area contributed by atoms with Crippen LogP contribution < -0.4 is 0 Å². The van der Waals surface area contributed by atoms with Gasteiger partial charge in [-0.1, -0.05) is 6.58 Å². The van der Waals surface area contributed by atoms with Crippen LogP contribution in [0.4, 0.5) is 0 Å². The minimum Gasteiger partial charge on any atom is -0.381 e. The fraction of sp³-hybridized carbons (Fsp3) is 0.700. The predicted molar refractivity (Wildman–Crippen MR) is 51.4 cm³/mol. The minimum absolute atomic E-state index is 0.0297. The summed E-state index contributed by atoms with van der Waals surface area (Å²) in [5.41, 5.74) is 0. The highest BCUT2D eigenvalue weighted by Gasteiger charge is 2.27. The summed E-state index contributed by atoms with van der Waals surface area (Å²) in [6, 6.07) is 0.268. The van der Waals surface area contributed by atoms with E-state index in [1.165, 1.54) is 6.08 Å². The van der Waals surface area contributed by atoms with E-state index in [0.29, 0.717) is 6.10 Å². The summed E-state index contributed by atoms with van der Waals surface area (Å²) >= 11 is 0. The second kappa shape index (κ2) is 4.42. The highest BCUT2D eigenvalue weighted by atomic mass is 16.5. The first-order valence-corrected chi connectivity index (χ1v) is 4.65. The molecular weight excluding hydrogens is 166 g/mol. The molecule has 0 radical (unpaired) electrons. The number of hydrogen-bond acceptors (Lipinski definition) is 2. The van der Waals surface area contributed by atoms with Crippen molar-refractivity contribution in [1.82, 2.24) is 4.90 Å². The molecule has 2 atom stereocenters. The van der Waals surface area contributed by atoms with Crippen molar-refractivity contribution in [2.45, 2.75) is 31.9 Å². The number of likely N-dealkylation sites (tertiary alicyclic amines) is 1. The third-order valence-corrected chi connectivity index (χ3v) is 2.62. The van der Waals surface area contributed by atoms with E-state index in [1.54, 1.807) is 7.11 Å². The molecule has 13 heavy (non-hydrogen) atoms. The number of nitrogens with zero attached hydrogens (tertiary/aromatic N) is 1. The van der Waals surface area contributed by atoms with Crippen molar-refractivity contribution in [1.29, 1.82) is 0 Å². The first kappa shape index (κ1) is 10.3. The van der Waals surface area contributed by atoms with Crippen molar-refractivity contribution in [3.8, 4) is 0 Å². The van der Waals surface area contributed by atoms with Crippen LogP contribution in [0.3, 0.4) is 0 Å². The van der Waals surface area contributed by atoms with Gasteiger partial charge in [0, 0.05) is 19.7 Å². The summed E-state index contributed by atoms with van der Waals surface area (Å²) in [5, 5.41) is 0. The van der Waals surface area contributed by atoms with Gasteiger partial charge in [0.2, 0.25) is 5.91 Å². The highest BCUT2D eigenvalue weighted by Crippen LogP contribution is 2.19. The number of piperidine rings is 1. The van der Waals surface area contributed by atoms with Crippen LogP contribution in [0.25, 0.3) is 0 Å². The molecule has 0 aliphatic carbocycles. The number of rotatable bonds is 2. The lowest BCUT2D eigenvalue weighted by molar-refractivity contribution is -0.131. The minimum atomic E-state index is 0.0297. The summed E-state index contributed by atoms with van der Waals surface area (Å²) in [5.74, 6) is 0.0297. The van der Waals surface area contributed by atoms with Crippen molar-refractivity contribution in [3.63, 3.8) is 0 Å². The zero-order valence-corrected chi connectivity index (χ0v) is 8.32. The molecule has 0 bridgehead atoms. The third-order valence-electron chi connectivity index (χ3n) is 2.62. The monoisotopic (exact) mass is 183 g/mol. The maximum absolute atomic E-state index is 11.3. The van der Waals surface area contributed by atoms with Gasteiger partial charge in [-0.15, -0.1) is 0 Å². The SMILES string of the molecule is C=CC(=O)N1CC[C@@H](OC)C[C@H]1C. The van der Waals surface area contributed by atoms with Crippen LogP contribution in [-0.4, -0.2) is 36.6 Å². The first-order valence-electron chi connectivity index (χ1n) is 4.65. The summed E-state index contributed by atoms with van der Waals surface area (Å²) in [4.78, 5) is 13.2. The quantitative estimate of drug-likeness (QED) is 0.602. The molecule has 3 heteroatoms. The molecule has 1 rings (SSSR count). The van der Waals surface area contributed by atoms with Gasteiger partial charge < -0.3 is 9.64 Å². The van der Waals surface area contributed by atoms with Gasteiger partial charge in [-0.3, -0.25) is 4.79 Å². The maximum Gasteiger partial charge on any atom is 0.246 e. The van der Waals surface area contributed by atoms with Gasteiger partial charge in [0.15, 0.2) is 0 Å². The lowest BCUT2D eigenvalue weighted by atomic mass is 10.0. The van der Waals surface area contributed by atoms with Crippen molar-refractivity contribution in [2.75, 3.05) is 13.7 Å². The molecule has 1 aliphatic heterocycles. The molecule has 0 N–H and O–H groups in total. The Balaban J connectivity index is 2.52. The molecule has 0 spiro atoms. The molecule has 74 valence electrons. The topological polar surface area (TPSA) is 29.5 Å². The van der Waals surface area contributed by atoms with Crippen LogP contribution in [0.5, 0.6) is 0 Å². The Morgan fingerprint density at radius 3 is 2.85 bits per heavy atom. The second-order valence-electron chi connectivity index (χ2n) is 3.47. The van der Waals surface area contributed by atoms with Crippen LogP contribution in [0, 0.1) is 0 Å². The fourth-order valence-corrected chi connectivity index (χ4v) is 1.79. The Kier molecular flexibility index (Phi) is 3.48. The maximum atomic E-state index is 11.3. The Hall–Kier alpha value is -0.830. The van der Waals surface area contributed by atoms with Gasteiger partial charge in [-0.25, -0.2) is 0 Å². The smallest absolute Gasteiger partial charge is 0.246 e. The zero-order chi connectivity index (χ0) is 9.84. The summed E-state index contributed by atoms with van der Waals surface area (Å²) in [6.45, 7) is 6.32. The highest BCUT2D eigenvalue weighted by molar-refractivity contribution is 5.87. The lowest BCUT2D eigenvalue weighted by Crippen LogP contribution is -2.45. The average molecular weight is 183 g/mol. The third kappa shape index (κ3) is 2.31. The number of carbonyl (C=O) groups excluding carboxylic acids is 1. The van der Waals surface area contributed by atoms with Gasteiger partial charge >= 0.3 is 0 Å². The van der Waals surface area contributed by atoms with Crippen LogP contribution in [0.1, 0.15) is 19.8 Å². The van der Waals surface area contributed by atoms with E-state index in [9.17, 15) is 4.79 Å². The number of ether oxygens (including phenoxy) is 1. The lowest BCUT2D eigenvalue weighted by Gasteiger charge is -2.36. The molecule has 1 saturated heterocycles. The zero-order valence-electron chi connectivity index (χ0n) is 8.32. The van der Waals surface area contributed by atoms with Crippen LogP contribution in [-0.2, 0) is 9.53 Å². The van der Waals surface area contributed by atoms with Gasteiger partial charge in [0.25, 0.3) is 0 Å². The summed E-state index contributed by atoms with van der Waals surface area (Å²) < 4.78 is 5.26. The molecule has 0 aromatic heterocycles. The molecule has 3 nitrogen and oxygen atoms in total. The Bertz CT molecular complexity index is 203. The molecule has 1 fully saturated rings. The Labute approximate surface area is 79.4 Å². The number of amides is 1. The fourth-order valence-electron chi connectivity index (χ4n) is 1.79. The van der Waals surface area contributed by atoms with Gasteiger partial charge in [0.05, 0.1) is 6.10 Å². The van der Waals surface area contributed by atoms with Crippen molar-refractivity contribution < 1.29 is 9.53 Å². The second-order valence-corrected chi connectivity index (χ2v) is 3.47. The molecule has 1 heterocycles. The van der Waals surface area contributed by atoms with Crippen molar-refractivity contribution in [2.24, 2.45) is 0 Å². The van der Waals surface area contributed by atoms with E-state index < -0.39 is 0 Å². The summed E-state index contributed by atoms with van der Waals surface area (Å²) in [6.07, 6.45) is 3.55. The van der Waals surface area contributed by atoms with Gasteiger partial charge in [-0.2, -0.15) is 0 Å².